The summed E-state index contributed by atoms with van der Waals surface area (Å²) in [5.74, 6) is -0.214. The van der Waals surface area contributed by atoms with Gasteiger partial charge in [-0.25, -0.2) is 4.79 Å². The minimum atomic E-state index is -0.541. The van der Waals surface area contributed by atoms with Gasteiger partial charge in [0.05, 0.1) is 18.4 Å². The molecule has 1 heterocycles. The van der Waals surface area contributed by atoms with Crippen LogP contribution in [-0.2, 0) is 17.6 Å². The summed E-state index contributed by atoms with van der Waals surface area (Å²) in [5.41, 5.74) is 7.04. The molecule has 6 nitrogen and oxygen atoms in total. The summed E-state index contributed by atoms with van der Waals surface area (Å²) in [5, 5.41) is 4.42. The van der Waals surface area contributed by atoms with Crippen LogP contribution in [-0.4, -0.2) is 29.6 Å². The van der Waals surface area contributed by atoms with Gasteiger partial charge < -0.3 is 19.8 Å². The lowest BCUT2D eigenvalue weighted by Gasteiger charge is -2.13. The van der Waals surface area contributed by atoms with Crippen LogP contribution in [0.1, 0.15) is 78.1 Å². The predicted octanol–water partition coefficient (Wildman–Crippen LogP) is 9.64. The second kappa shape index (κ2) is 14.5. The molecule has 4 aromatic carbocycles. The van der Waals surface area contributed by atoms with Gasteiger partial charge in [0.2, 0.25) is 0 Å². The molecule has 7 heteroatoms. The summed E-state index contributed by atoms with van der Waals surface area (Å²) in [6.45, 7) is 8.05. The standard InChI is InChI=1S/C38H39ClN2O4/c1-5-7-9-25-12-14-27(15-13-25)29-22-30(20-26-10-8-11-31(39)21-26)34-33(23-29)40-36(38(43)44-6-2)35(34)41-37(42)28-16-18-32(19-17-28)45-24(3)4/h8,10-19,21-24,40H,5-7,9,20H2,1-4H3,(H,41,42). The average molecular weight is 623 g/mol. The van der Waals surface area contributed by atoms with Gasteiger partial charge in [0.25, 0.3) is 5.91 Å². The Hall–Kier alpha value is -4.55. The Morgan fingerprint density at radius 3 is 2.31 bits per heavy atom. The van der Waals surface area contributed by atoms with E-state index in [-0.39, 0.29) is 24.3 Å². The lowest BCUT2D eigenvalue weighted by molar-refractivity contribution is 0.0522. The molecule has 1 aromatic heterocycles. The van der Waals surface area contributed by atoms with Crippen molar-refractivity contribution < 1.29 is 19.1 Å². The monoisotopic (exact) mass is 622 g/mol. The molecular weight excluding hydrogens is 584 g/mol. The van der Waals surface area contributed by atoms with Crippen LogP contribution < -0.4 is 10.1 Å². The van der Waals surface area contributed by atoms with Gasteiger partial charge in [0.15, 0.2) is 0 Å². The smallest absolute Gasteiger partial charge is 0.356 e. The molecular formula is C38H39ClN2O4. The minimum Gasteiger partial charge on any atom is -0.491 e. The number of rotatable bonds is 12. The Balaban J connectivity index is 1.62. The Morgan fingerprint density at radius 1 is 0.889 bits per heavy atom. The number of hydrogen-bond acceptors (Lipinski definition) is 4. The van der Waals surface area contributed by atoms with E-state index in [9.17, 15) is 9.59 Å². The lowest BCUT2D eigenvalue weighted by atomic mass is 9.94. The number of ether oxygens (including phenoxy) is 2. The SMILES string of the molecule is CCCCc1ccc(-c2cc(Cc3cccc(Cl)c3)c3c(NC(=O)c4ccc(OC(C)C)cc4)c(C(=O)OCC)[nH]c3c2)cc1. The van der Waals surface area contributed by atoms with Gasteiger partial charge in [-0.1, -0.05) is 61.3 Å². The van der Waals surface area contributed by atoms with E-state index in [2.05, 4.69) is 47.6 Å². The van der Waals surface area contributed by atoms with Crippen LogP contribution in [0.5, 0.6) is 5.75 Å². The van der Waals surface area contributed by atoms with Crippen molar-refractivity contribution in [3.05, 3.63) is 118 Å². The number of anilines is 1. The summed E-state index contributed by atoms with van der Waals surface area (Å²) in [6.07, 6.45) is 3.90. The molecule has 0 radical (unpaired) electrons. The molecule has 5 aromatic rings. The van der Waals surface area contributed by atoms with Gasteiger partial charge in [0, 0.05) is 21.5 Å². The average Bonchev–Trinajstić information content (AvgIpc) is 3.39. The van der Waals surface area contributed by atoms with Gasteiger partial charge in [-0.3, -0.25) is 4.79 Å². The minimum absolute atomic E-state index is 0.0184. The van der Waals surface area contributed by atoms with Crippen molar-refractivity contribution in [3.63, 3.8) is 0 Å². The number of halogens is 1. The molecule has 0 saturated carbocycles. The first kappa shape index (κ1) is 31.9. The van der Waals surface area contributed by atoms with E-state index in [1.54, 1.807) is 31.2 Å². The fourth-order valence-electron chi connectivity index (χ4n) is 5.46. The van der Waals surface area contributed by atoms with Crippen molar-refractivity contribution in [1.82, 2.24) is 4.98 Å². The zero-order valence-corrected chi connectivity index (χ0v) is 27.0. The van der Waals surface area contributed by atoms with Crippen molar-refractivity contribution in [3.8, 4) is 16.9 Å². The molecule has 0 aliphatic heterocycles. The first-order valence-electron chi connectivity index (χ1n) is 15.5. The number of amides is 1. The van der Waals surface area contributed by atoms with Gasteiger partial charge in [-0.2, -0.15) is 0 Å². The van der Waals surface area contributed by atoms with Gasteiger partial charge in [0.1, 0.15) is 11.4 Å². The van der Waals surface area contributed by atoms with Crippen LogP contribution in [0, 0.1) is 0 Å². The molecule has 232 valence electrons. The van der Waals surface area contributed by atoms with Crippen LogP contribution in [0.15, 0.2) is 84.9 Å². The predicted molar refractivity (Wildman–Crippen MR) is 183 cm³/mol. The topological polar surface area (TPSA) is 80.4 Å². The maximum Gasteiger partial charge on any atom is 0.356 e. The van der Waals surface area contributed by atoms with Crippen LogP contribution in [0.25, 0.3) is 22.0 Å². The fraction of sp³-hybridized carbons (Fsp3) is 0.263. The molecule has 45 heavy (non-hydrogen) atoms. The zero-order valence-electron chi connectivity index (χ0n) is 26.2. The van der Waals surface area contributed by atoms with Crippen LogP contribution in [0.2, 0.25) is 5.02 Å². The second-order valence-electron chi connectivity index (χ2n) is 11.4. The van der Waals surface area contributed by atoms with E-state index in [0.29, 0.717) is 28.4 Å². The van der Waals surface area contributed by atoms with E-state index < -0.39 is 5.97 Å². The number of carbonyl (C=O) groups is 2. The third kappa shape index (κ3) is 7.76. The Bertz CT molecular complexity index is 1790. The molecule has 2 N–H and O–H groups in total. The van der Waals surface area contributed by atoms with Crippen molar-refractivity contribution >= 4 is 40.1 Å². The fourth-order valence-corrected chi connectivity index (χ4v) is 5.67. The quantitative estimate of drug-likeness (QED) is 0.136. The van der Waals surface area contributed by atoms with E-state index in [0.717, 1.165) is 52.4 Å². The van der Waals surface area contributed by atoms with Crippen molar-refractivity contribution in [1.29, 1.82) is 0 Å². The third-order valence-electron chi connectivity index (χ3n) is 7.58. The number of aromatic amines is 1. The summed E-state index contributed by atoms with van der Waals surface area (Å²) in [7, 11) is 0. The largest absolute Gasteiger partial charge is 0.491 e. The molecule has 0 spiro atoms. The number of benzene rings is 4. The molecule has 0 saturated heterocycles. The van der Waals surface area contributed by atoms with E-state index >= 15 is 0 Å². The second-order valence-corrected chi connectivity index (χ2v) is 11.8. The molecule has 0 atom stereocenters. The Morgan fingerprint density at radius 2 is 1.64 bits per heavy atom. The highest BCUT2D eigenvalue weighted by molar-refractivity contribution is 6.30. The number of fused-ring (bicyclic) bond motifs is 1. The van der Waals surface area contributed by atoms with Crippen molar-refractivity contribution in [2.75, 3.05) is 11.9 Å². The first-order valence-corrected chi connectivity index (χ1v) is 15.9. The Labute approximate surface area is 269 Å². The van der Waals surface area contributed by atoms with Crippen LogP contribution in [0.3, 0.4) is 0 Å². The number of H-pyrrole nitrogens is 1. The normalized spacial score (nSPS) is 11.2. The van der Waals surface area contributed by atoms with Crippen LogP contribution in [0.4, 0.5) is 5.69 Å². The maximum atomic E-state index is 13.6. The summed E-state index contributed by atoms with van der Waals surface area (Å²) < 4.78 is 11.2. The number of aryl methyl sites for hydroxylation is 1. The molecule has 0 unspecified atom stereocenters. The van der Waals surface area contributed by atoms with Gasteiger partial charge in [-0.15, -0.1) is 0 Å². The summed E-state index contributed by atoms with van der Waals surface area (Å²) >= 11 is 6.36. The van der Waals surface area contributed by atoms with Crippen LogP contribution >= 0.6 is 11.6 Å². The van der Waals surface area contributed by atoms with Crippen molar-refractivity contribution in [2.45, 2.75) is 59.5 Å². The lowest BCUT2D eigenvalue weighted by Crippen LogP contribution is -2.16. The van der Waals surface area contributed by atoms with E-state index in [1.807, 2.05) is 44.2 Å². The molecule has 0 aliphatic carbocycles. The summed E-state index contributed by atoms with van der Waals surface area (Å²) in [6, 6.07) is 27.4. The zero-order chi connectivity index (χ0) is 31.9. The van der Waals surface area contributed by atoms with Gasteiger partial charge >= 0.3 is 5.97 Å². The molecule has 0 aliphatic rings. The van der Waals surface area contributed by atoms with E-state index in [1.165, 1.54) is 5.56 Å². The molecule has 0 bridgehead atoms. The Kier molecular flexibility index (Phi) is 10.3. The highest BCUT2D eigenvalue weighted by Gasteiger charge is 2.24. The highest BCUT2D eigenvalue weighted by atomic mass is 35.5. The third-order valence-corrected chi connectivity index (χ3v) is 7.81. The number of nitrogens with one attached hydrogen (secondary N) is 2. The highest BCUT2D eigenvalue weighted by Crippen LogP contribution is 2.37. The summed E-state index contributed by atoms with van der Waals surface area (Å²) in [4.78, 5) is 30.1. The number of esters is 1. The van der Waals surface area contributed by atoms with Crippen molar-refractivity contribution in [2.24, 2.45) is 0 Å². The molecule has 0 fully saturated rings. The van der Waals surface area contributed by atoms with Gasteiger partial charge in [-0.05, 0) is 116 Å². The number of unbranched alkanes of at least 4 members (excludes halogenated alkanes) is 1. The van der Waals surface area contributed by atoms with E-state index in [4.69, 9.17) is 21.1 Å². The molecule has 5 rings (SSSR count). The molecule has 1 amide bonds. The first-order chi connectivity index (χ1) is 21.7. The number of aromatic nitrogens is 1. The number of carbonyl (C=O) groups excluding carboxylic acids is 2. The number of hydrogen-bond donors (Lipinski definition) is 2. The maximum absolute atomic E-state index is 13.6.